The summed E-state index contributed by atoms with van der Waals surface area (Å²) >= 11 is 3.52. The van der Waals surface area contributed by atoms with Crippen molar-refractivity contribution in [3.63, 3.8) is 0 Å². The first kappa shape index (κ1) is 15.5. The highest BCUT2D eigenvalue weighted by molar-refractivity contribution is 9.10. The smallest absolute Gasteiger partial charge is 0.243 e. The van der Waals surface area contributed by atoms with Gasteiger partial charge in [-0.15, -0.1) is 6.58 Å². The standard InChI is InChI=1S/C14H18BrN5O/c1-3-7-20-14(17-18-19-20)16-10-11-5-6-13(12(15)9-11)21-8-4-2/h3,5-6,9H,1,4,7-8,10H2,2H3,(H,16,17,19). The van der Waals surface area contributed by atoms with E-state index in [1.165, 1.54) is 0 Å². The van der Waals surface area contributed by atoms with Crippen molar-refractivity contribution in [2.45, 2.75) is 26.4 Å². The van der Waals surface area contributed by atoms with E-state index in [-0.39, 0.29) is 0 Å². The zero-order chi connectivity index (χ0) is 15.1. The maximum atomic E-state index is 5.63. The number of nitrogens with zero attached hydrogens (tertiary/aromatic N) is 4. The fourth-order valence-corrected chi connectivity index (χ4v) is 2.28. The van der Waals surface area contributed by atoms with Crippen LogP contribution in [0.4, 0.5) is 5.95 Å². The van der Waals surface area contributed by atoms with Gasteiger partial charge in [-0.1, -0.05) is 24.2 Å². The third kappa shape index (κ3) is 4.29. The predicted octanol–water partition coefficient (Wildman–Crippen LogP) is 3.02. The molecule has 112 valence electrons. The molecule has 0 aliphatic rings. The van der Waals surface area contributed by atoms with E-state index in [9.17, 15) is 0 Å². The van der Waals surface area contributed by atoms with Crippen molar-refractivity contribution in [1.29, 1.82) is 0 Å². The number of hydrogen-bond donors (Lipinski definition) is 1. The van der Waals surface area contributed by atoms with Crippen LogP contribution < -0.4 is 10.1 Å². The molecule has 0 saturated carbocycles. The van der Waals surface area contributed by atoms with Gasteiger partial charge in [0.05, 0.1) is 17.6 Å². The second kappa shape index (κ2) is 7.78. The maximum Gasteiger partial charge on any atom is 0.243 e. The van der Waals surface area contributed by atoms with Gasteiger partial charge in [0.25, 0.3) is 0 Å². The number of halogens is 1. The van der Waals surface area contributed by atoms with Crippen LogP contribution in [-0.2, 0) is 13.1 Å². The molecule has 0 amide bonds. The molecule has 21 heavy (non-hydrogen) atoms. The lowest BCUT2D eigenvalue weighted by atomic mass is 10.2. The van der Waals surface area contributed by atoms with Gasteiger partial charge in [-0.2, -0.15) is 0 Å². The van der Waals surface area contributed by atoms with Gasteiger partial charge in [-0.3, -0.25) is 0 Å². The molecule has 7 heteroatoms. The van der Waals surface area contributed by atoms with Crippen molar-refractivity contribution in [3.05, 3.63) is 40.9 Å². The first-order valence-electron chi connectivity index (χ1n) is 6.76. The number of hydrogen-bond acceptors (Lipinski definition) is 5. The Morgan fingerprint density at radius 1 is 1.48 bits per heavy atom. The van der Waals surface area contributed by atoms with Crippen LogP contribution in [0.25, 0.3) is 0 Å². The van der Waals surface area contributed by atoms with Crippen molar-refractivity contribution in [1.82, 2.24) is 20.2 Å². The van der Waals surface area contributed by atoms with Gasteiger partial charge >= 0.3 is 0 Å². The molecule has 0 bridgehead atoms. The molecule has 1 aromatic carbocycles. The van der Waals surface area contributed by atoms with E-state index in [0.29, 0.717) is 25.6 Å². The largest absolute Gasteiger partial charge is 0.492 e. The number of tetrazole rings is 1. The summed E-state index contributed by atoms with van der Waals surface area (Å²) in [4.78, 5) is 0. The highest BCUT2D eigenvalue weighted by atomic mass is 79.9. The molecule has 0 unspecified atom stereocenters. The normalized spacial score (nSPS) is 10.4. The van der Waals surface area contributed by atoms with E-state index in [0.717, 1.165) is 22.2 Å². The Morgan fingerprint density at radius 2 is 2.33 bits per heavy atom. The first-order chi connectivity index (χ1) is 10.2. The summed E-state index contributed by atoms with van der Waals surface area (Å²) in [5.41, 5.74) is 1.11. The zero-order valence-electron chi connectivity index (χ0n) is 11.9. The Kier molecular flexibility index (Phi) is 5.74. The number of rotatable bonds is 8. The second-order valence-electron chi connectivity index (χ2n) is 4.44. The molecular formula is C14H18BrN5O. The van der Waals surface area contributed by atoms with E-state index in [4.69, 9.17) is 4.74 Å². The summed E-state index contributed by atoms with van der Waals surface area (Å²) in [6, 6.07) is 6.01. The van der Waals surface area contributed by atoms with Gasteiger partial charge in [0.15, 0.2) is 0 Å². The Balaban J connectivity index is 1.98. The molecule has 6 nitrogen and oxygen atoms in total. The van der Waals surface area contributed by atoms with Gasteiger partial charge in [0, 0.05) is 6.54 Å². The third-order valence-electron chi connectivity index (χ3n) is 2.74. The van der Waals surface area contributed by atoms with Crippen LogP contribution in [0.1, 0.15) is 18.9 Å². The molecule has 2 aromatic rings. The molecule has 1 aromatic heterocycles. The Labute approximate surface area is 132 Å². The van der Waals surface area contributed by atoms with E-state index in [1.54, 1.807) is 10.8 Å². The van der Waals surface area contributed by atoms with Crippen LogP contribution in [-0.4, -0.2) is 26.8 Å². The lowest BCUT2D eigenvalue weighted by Crippen LogP contribution is -2.08. The fourth-order valence-electron chi connectivity index (χ4n) is 1.74. The molecule has 0 fully saturated rings. The van der Waals surface area contributed by atoms with Crippen LogP contribution >= 0.6 is 15.9 Å². The molecule has 0 aliphatic carbocycles. The second-order valence-corrected chi connectivity index (χ2v) is 5.29. The number of ether oxygens (including phenoxy) is 1. The number of anilines is 1. The molecule has 0 spiro atoms. The van der Waals surface area contributed by atoms with E-state index in [2.05, 4.69) is 50.3 Å². The molecule has 1 N–H and O–H groups in total. The summed E-state index contributed by atoms with van der Waals surface area (Å²) in [7, 11) is 0. The molecule has 0 saturated heterocycles. The zero-order valence-corrected chi connectivity index (χ0v) is 13.5. The third-order valence-corrected chi connectivity index (χ3v) is 3.36. The highest BCUT2D eigenvalue weighted by Gasteiger charge is 2.06. The van der Waals surface area contributed by atoms with Gasteiger partial charge in [-0.25, -0.2) is 4.68 Å². The van der Waals surface area contributed by atoms with Crippen LogP contribution in [0.15, 0.2) is 35.3 Å². The number of allylic oxidation sites excluding steroid dienone is 1. The van der Waals surface area contributed by atoms with Crippen molar-refractivity contribution >= 4 is 21.9 Å². The van der Waals surface area contributed by atoms with Crippen LogP contribution in [0.2, 0.25) is 0 Å². The van der Waals surface area contributed by atoms with Crippen molar-refractivity contribution in [2.24, 2.45) is 0 Å². The average molecular weight is 352 g/mol. The maximum absolute atomic E-state index is 5.63. The Morgan fingerprint density at radius 3 is 3.05 bits per heavy atom. The number of aromatic nitrogens is 4. The van der Waals surface area contributed by atoms with Crippen LogP contribution in [0.5, 0.6) is 5.75 Å². The predicted molar refractivity (Wildman–Crippen MR) is 85.3 cm³/mol. The molecule has 0 atom stereocenters. The van der Waals surface area contributed by atoms with Gasteiger partial charge in [0.1, 0.15) is 5.75 Å². The van der Waals surface area contributed by atoms with Gasteiger partial charge < -0.3 is 10.1 Å². The molecule has 0 radical (unpaired) electrons. The SMILES string of the molecule is C=CCn1nnnc1NCc1ccc(OCCC)c(Br)c1. The van der Waals surface area contributed by atoms with Crippen molar-refractivity contribution in [3.8, 4) is 5.75 Å². The van der Waals surface area contributed by atoms with Crippen molar-refractivity contribution in [2.75, 3.05) is 11.9 Å². The van der Waals surface area contributed by atoms with E-state index in [1.807, 2.05) is 18.2 Å². The van der Waals surface area contributed by atoms with E-state index >= 15 is 0 Å². The monoisotopic (exact) mass is 351 g/mol. The molecular weight excluding hydrogens is 334 g/mol. The summed E-state index contributed by atoms with van der Waals surface area (Å²) in [5, 5.41) is 14.7. The van der Waals surface area contributed by atoms with Crippen LogP contribution in [0.3, 0.4) is 0 Å². The number of benzene rings is 1. The first-order valence-corrected chi connectivity index (χ1v) is 7.56. The lowest BCUT2D eigenvalue weighted by Gasteiger charge is -2.10. The summed E-state index contributed by atoms with van der Waals surface area (Å²) in [6.07, 6.45) is 2.74. The minimum Gasteiger partial charge on any atom is -0.492 e. The highest BCUT2D eigenvalue weighted by Crippen LogP contribution is 2.26. The van der Waals surface area contributed by atoms with E-state index < -0.39 is 0 Å². The minimum absolute atomic E-state index is 0.572. The summed E-state index contributed by atoms with van der Waals surface area (Å²) < 4.78 is 8.23. The summed E-state index contributed by atoms with van der Waals surface area (Å²) in [5.74, 6) is 1.48. The fraction of sp³-hybridized carbons (Fsp3) is 0.357. The number of nitrogens with one attached hydrogen (secondary N) is 1. The topological polar surface area (TPSA) is 64.9 Å². The average Bonchev–Trinajstić information content (AvgIpc) is 2.92. The quantitative estimate of drug-likeness (QED) is 0.740. The molecule has 1 heterocycles. The minimum atomic E-state index is 0.572. The van der Waals surface area contributed by atoms with Gasteiger partial charge in [-0.05, 0) is 50.5 Å². The van der Waals surface area contributed by atoms with Crippen LogP contribution in [0, 0.1) is 0 Å². The Hall–Kier alpha value is -1.89. The Bertz CT molecular complexity index is 599. The van der Waals surface area contributed by atoms with Gasteiger partial charge in [0.2, 0.25) is 5.95 Å². The molecule has 0 aliphatic heterocycles. The molecule has 2 rings (SSSR count). The summed E-state index contributed by atoms with van der Waals surface area (Å²) in [6.45, 7) is 7.68. The lowest BCUT2D eigenvalue weighted by molar-refractivity contribution is 0.315. The van der Waals surface area contributed by atoms with Crippen molar-refractivity contribution < 1.29 is 4.74 Å².